The van der Waals surface area contributed by atoms with E-state index < -0.39 is 27.7 Å². The van der Waals surface area contributed by atoms with E-state index in [0.29, 0.717) is 5.69 Å². The molecule has 8 nitrogen and oxygen atoms in total. The highest BCUT2D eigenvalue weighted by Gasteiger charge is 2.32. The van der Waals surface area contributed by atoms with Crippen LogP contribution >= 0.6 is 0 Å². The Morgan fingerprint density at radius 3 is 2.33 bits per heavy atom. The molecule has 1 aliphatic rings. The lowest BCUT2D eigenvalue weighted by atomic mass is 10.1. The molecule has 0 atom stereocenters. The van der Waals surface area contributed by atoms with Crippen LogP contribution in [0.25, 0.3) is 0 Å². The number of imide groups is 1. The summed E-state index contributed by atoms with van der Waals surface area (Å²) in [6, 6.07) is 10.1. The van der Waals surface area contributed by atoms with Crippen LogP contribution in [0.1, 0.15) is 31.1 Å². The van der Waals surface area contributed by atoms with Gasteiger partial charge in [-0.1, -0.05) is 6.07 Å². The SMILES string of the molecule is CN1C(=O)c2ccc(NC(=O)c3cccc(S(=O)(=O)N(C)C)c3)cc2C1=O. The number of amides is 3. The number of carbonyl (C=O) groups is 3. The van der Waals surface area contributed by atoms with Crippen LogP contribution in [-0.2, 0) is 10.0 Å². The minimum atomic E-state index is -3.67. The molecule has 0 saturated carbocycles. The van der Waals surface area contributed by atoms with Gasteiger partial charge in [0.2, 0.25) is 10.0 Å². The fourth-order valence-electron chi connectivity index (χ4n) is 2.65. The molecule has 140 valence electrons. The molecule has 1 heterocycles. The van der Waals surface area contributed by atoms with E-state index in [-0.39, 0.29) is 21.6 Å². The Morgan fingerprint density at radius 2 is 1.67 bits per heavy atom. The van der Waals surface area contributed by atoms with E-state index >= 15 is 0 Å². The number of nitrogens with zero attached hydrogens (tertiary/aromatic N) is 2. The molecule has 0 bridgehead atoms. The number of nitrogens with one attached hydrogen (secondary N) is 1. The molecule has 0 aliphatic carbocycles. The number of carbonyl (C=O) groups excluding carboxylic acids is 3. The molecule has 9 heteroatoms. The predicted molar refractivity (Wildman–Crippen MR) is 98.1 cm³/mol. The van der Waals surface area contributed by atoms with Crippen molar-refractivity contribution in [1.82, 2.24) is 9.21 Å². The van der Waals surface area contributed by atoms with Crippen LogP contribution < -0.4 is 5.32 Å². The maximum atomic E-state index is 12.5. The van der Waals surface area contributed by atoms with Crippen LogP contribution in [0.4, 0.5) is 5.69 Å². The van der Waals surface area contributed by atoms with Crippen LogP contribution in [0.3, 0.4) is 0 Å². The lowest BCUT2D eigenvalue weighted by Crippen LogP contribution is -2.24. The number of hydrogen-bond acceptors (Lipinski definition) is 5. The summed E-state index contributed by atoms with van der Waals surface area (Å²) < 4.78 is 25.5. The first-order valence-electron chi connectivity index (χ1n) is 7.93. The zero-order valence-corrected chi connectivity index (χ0v) is 15.7. The molecular weight excluding hydrogens is 370 g/mol. The number of fused-ring (bicyclic) bond motifs is 1. The number of anilines is 1. The van der Waals surface area contributed by atoms with Crippen molar-refractivity contribution in [3.63, 3.8) is 0 Å². The normalized spacial score (nSPS) is 13.9. The molecule has 3 rings (SSSR count). The average Bonchev–Trinajstić information content (AvgIpc) is 2.85. The third-order valence-electron chi connectivity index (χ3n) is 4.22. The Morgan fingerprint density at radius 1 is 1.00 bits per heavy atom. The number of rotatable bonds is 4. The Labute approximate surface area is 156 Å². The van der Waals surface area contributed by atoms with Crippen LogP contribution in [0.2, 0.25) is 0 Å². The van der Waals surface area contributed by atoms with Crippen molar-refractivity contribution in [3.8, 4) is 0 Å². The lowest BCUT2D eigenvalue weighted by molar-refractivity contribution is 0.0692. The molecule has 0 radical (unpaired) electrons. The van der Waals surface area contributed by atoms with Crippen molar-refractivity contribution >= 4 is 33.4 Å². The highest BCUT2D eigenvalue weighted by molar-refractivity contribution is 7.89. The van der Waals surface area contributed by atoms with Crippen molar-refractivity contribution in [1.29, 1.82) is 0 Å². The van der Waals surface area contributed by atoms with E-state index in [1.807, 2.05) is 0 Å². The Kier molecular flexibility index (Phi) is 4.58. The minimum absolute atomic E-state index is 0.00324. The van der Waals surface area contributed by atoms with Crippen molar-refractivity contribution < 1.29 is 22.8 Å². The van der Waals surface area contributed by atoms with Crippen molar-refractivity contribution in [2.24, 2.45) is 0 Å². The largest absolute Gasteiger partial charge is 0.322 e. The molecule has 27 heavy (non-hydrogen) atoms. The van der Waals surface area contributed by atoms with Gasteiger partial charge in [-0.25, -0.2) is 12.7 Å². The number of sulfonamides is 1. The van der Waals surface area contributed by atoms with Crippen LogP contribution in [0.15, 0.2) is 47.4 Å². The summed E-state index contributed by atoms with van der Waals surface area (Å²) in [4.78, 5) is 37.5. The van der Waals surface area contributed by atoms with E-state index in [1.165, 1.54) is 63.6 Å². The zero-order chi connectivity index (χ0) is 19.9. The first-order valence-corrected chi connectivity index (χ1v) is 9.37. The van der Waals surface area contributed by atoms with Gasteiger partial charge in [-0.15, -0.1) is 0 Å². The Bertz CT molecular complexity index is 1080. The first-order chi connectivity index (χ1) is 12.6. The third kappa shape index (κ3) is 3.22. The summed E-state index contributed by atoms with van der Waals surface area (Å²) >= 11 is 0. The molecule has 0 saturated heterocycles. The van der Waals surface area contributed by atoms with Crippen molar-refractivity contribution in [3.05, 3.63) is 59.2 Å². The fourth-order valence-corrected chi connectivity index (χ4v) is 3.60. The molecule has 0 spiro atoms. The van der Waals surface area contributed by atoms with E-state index in [0.717, 1.165) is 9.21 Å². The summed E-state index contributed by atoms with van der Waals surface area (Å²) in [5.41, 5.74) is 0.970. The molecule has 0 fully saturated rings. The van der Waals surface area contributed by atoms with Crippen molar-refractivity contribution in [2.75, 3.05) is 26.5 Å². The van der Waals surface area contributed by atoms with Gasteiger partial charge >= 0.3 is 0 Å². The maximum Gasteiger partial charge on any atom is 0.261 e. The van der Waals surface area contributed by atoms with Gasteiger partial charge in [-0.05, 0) is 36.4 Å². The molecular formula is C18H17N3O5S. The van der Waals surface area contributed by atoms with Gasteiger partial charge in [0.15, 0.2) is 0 Å². The van der Waals surface area contributed by atoms with Gasteiger partial charge in [0.25, 0.3) is 17.7 Å². The Balaban J connectivity index is 1.88. The van der Waals surface area contributed by atoms with Crippen LogP contribution in [-0.4, -0.2) is 56.5 Å². The number of hydrogen-bond donors (Lipinski definition) is 1. The van der Waals surface area contributed by atoms with Gasteiger partial charge in [0.1, 0.15) is 0 Å². The number of benzene rings is 2. The second-order valence-electron chi connectivity index (χ2n) is 6.20. The lowest BCUT2D eigenvalue weighted by Gasteiger charge is -2.12. The second-order valence-corrected chi connectivity index (χ2v) is 8.35. The monoisotopic (exact) mass is 387 g/mol. The molecule has 1 aliphatic heterocycles. The van der Waals surface area contributed by atoms with Gasteiger partial charge in [-0.3, -0.25) is 19.3 Å². The molecule has 1 N–H and O–H groups in total. The quantitative estimate of drug-likeness (QED) is 0.799. The van der Waals surface area contributed by atoms with E-state index in [2.05, 4.69) is 5.32 Å². The van der Waals surface area contributed by atoms with E-state index in [9.17, 15) is 22.8 Å². The van der Waals surface area contributed by atoms with Gasteiger partial charge in [-0.2, -0.15) is 0 Å². The molecule has 2 aromatic rings. The van der Waals surface area contributed by atoms with E-state index in [1.54, 1.807) is 0 Å². The summed E-state index contributed by atoms with van der Waals surface area (Å²) in [6.45, 7) is 0. The highest BCUT2D eigenvalue weighted by atomic mass is 32.2. The second kappa shape index (κ2) is 6.60. The van der Waals surface area contributed by atoms with E-state index in [4.69, 9.17) is 0 Å². The van der Waals surface area contributed by atoms with Gasteiger partial charge < -0.3 is 5.32 Å². The maximum absolute atomic E-state index is 12.5. The highest BCUT2D eigenvalue weighted by Crippen LogP contribution is 2.25. The predicted octanol–water partition coefficient (Wildman–Crippen LogP) is 1.42. The molecule has 0 aromatic heterocycles. The summed E-state index contributed by atoms with van der Waals surface area (Å²) in [5, 5.41) is 2.62. The Hall–Kier alpha value is -3.04. The van der Waals surface area contributed by atoms with Gasteiger partial charge in [0.05, 0.1) is 16.0 Å². The van der Waals surface area contributed by atoms with Crippen LogP contribution in [0, 0.1) is 0 Å². The molecule has 0 unspecified atom stereocenters. The van der Waals surface area contributed by atoms with Crippen LogP contribution in [0.5, 0.6) is 0 Å². The standard InChI is InChI=1S/C18H17N3O5S/c1-20(2)27(25,26)13-6-4-5-11(9-13)16(22)19-12-7-8-14-15(10-12)18(24)21(3)17(14)23/h4-10H,1-3H3,(H,19,22). The zero-order valence-electron chi connectivity index (χ0n) is 14.9. The third-order valence-corrected chi connectivity index (χ3v) is 6.03. The summed E-state index contributed by atoms with van der Waals surface area (Å²) in [6.07, 6.45) is 0. The summed E-state index contributed by atoms with van der Waals surface area (Å²) in [7, 11) is 0.530. The fraction of sp³-hybridized carbons (Fsp3) is 0.167. The molecule has 3 amide bonds. The summed E-state index contributed by atoms with van der Waals surface area (Å²) in [5.74, 6) is -1.37. The topological polar surface area (TPSA) is 104 Å². The average molecular weight is 387 g/mol. The first kappa shape index (κ1) is 18.7. The molecule has 2 aromatic carbocycles. The van der Waals surface area contributed by atoms with Crippen molar-refractivity contribution in [2.45, 2.75) is 4.90 Å². The van der Waals surface area contributed by atoms with Gasteiger partial charge in [0, 0.05) is 32.4 Å². The minimum Gasteiger partial charge on any atom is -0.322 e. The smallest absolute Gasteiger partial charge is 0.261 e.